The molecule has 0 spiro atoms. The van der Waals surface area contributed by atoms with Crippen LogP contribution in [0.5, 0.6) is 17.4 Å². The Bertz CT molecular complexity index is 1390. The van der Waals surface area contributed by atoms with Crippen LogP contribution in [0.3, 0.4) is 0 Å². The number of hydrogen-bond donors (Lipinski definition) is 1. The second-order valence-electron chi connectivity index (χ2n) is 7.28. The number of ether oxygens (including phenoxy) is 3. The number of sulfonamides is 1. The first-order valence-electron chi connectivity index (χ1n) is 10.6. The number of fused-ring (bicyclic) bond motifs is 1. The Hall–Kier alpha value is -3.70. The van der Waals surface area contributed by atoms with Gasteiger partial charge in [-0.1, -0.05) is 19.1 Å². The molecule has 1 N–H and O–H groups in total. The Kier molecular flexibility index (Phi) is 6.94. The van der Waals surface area contributed by atoms with Gasteiger partial charge in [-0.3, -0.25) is 0 Å². The minimum absolute atomic E-state index is 0.0823. The molecule has 0 bridgehead atoms. The summed E-state index contributed by atoms with van der Waals surface area (Å²) in [6.45, 7) is 2.19. The molecule has 0 atom stereocenters. The molecule has 0 aliphatic rings. The third kappa shape index (κ3) is 4.95. The summed E-state index contributed by atoms with van der Waals surface area (Å²) in [6.07, 6.45) is 0.846. The van der Waals surface area contributed by atoms with Crippen molar-refractivity contribution in [2.24, 2.45) is 0 Å². The van der Waals surface area contributed by atoms with Gasteiger partial charge >= 0.3 is 0 Å². The molecule has 0 amide bonds. The zero-order valence-corrected chi connectivity index (χ0v) is 19.9. The van der Waals surface area contributed by atoms with E-state index in [4.69, 9.17) is 14.2 Å². The lowest BCUT2D eigenvalue weighted by atomic mass is 10.2. The molecular weight excluding hydrogens is 458 g/mol. The average Bonchev–Trinajstić information content (AvgIpc) is 3.29. The highest BCUT2D eigenvalue weighted by Gasteiger charge is 2.16. The zero-order chi connectivity index (χ0) is 24.1. The molecule has 178 valence electrons. The Balaban J connectivity index is 1.45. The first-order chi connectivity index (χ1) is 16.4. The van der Waals surface area contributed by atoms with Crippen molar-refractivity contribution in [1.82, 2.24) is 24.5 Å². The summed E-state index contributed by atoms with van der Waals surface area (Å²) in [7, 11) is -0.486. The van der Waals surface area contributed by atoms with Crippen molar-refractivity contribution in [3.63, 3.8) is 0 Å². The zero-order valence-electron chi connectivity index (χ0n) is 19.1. The summed E-state index contributed by atoms with van der Waals surface area (Å²) in [4.78, 5) is 0.215. The van der Waals surface area contributed by atoms with Crippen LogP contribution in [0, 0.1) is 0 Å². The van der Waals surface area contributed by atoms with Gasteiger partial charge in [0.15, 0.2) is 11.5 Å². The standard InChI is InChI=1S/C23H25N5O5S/c1-4-16-5-8-18(9-6-16)34(29,30)24-13-14-33-22-12-11-21-25-26-23(28(21)27-22)19-10-7-17(31-2)15-20(19)32-3/h5-12,15,24H,4,13-14H2,1-3H3. The Morgan fingerprint density at radius 3 is 2.47 bits per heavy atom. The van der Waals surface area contributed by atoms with Gasteiger partial charge in [0, 0.05) is 18.7 Å². The first kappa shape index (κ1) is 23.5. The highest BCUT2D eigenvalue weighted by molar-refractivity contribution is 7.89. The maximum absolute atomic E-state index is 12.5. The highest BCUT2D eigenvalue weighted by Crippen LogP contribution is 2.32. The van der Waals surface area contributed by atoms with E-state index in [1.165, 1.54) is 0 Å². The predicted molar refractivity (Wildman–Crippen MR) is 126 cm³/mol. The molecule has 2 heterocycles. The molecule has 0 unspecified atom stereocenters. The summed E-state index contributed by atoms with van der Waals surface area (Å²) < 4.78 is 45.4. The molecule has 0 aliphatic heterocycles. The van der Waals surface area contributed by atoms with Crippen LogP contribution in [0.25, 0.3) is 17.0 Å². The molecule has 0 saturated carbocycles. The molecule has 10 nitrogen and oxygen atoms in total. The molecule has 4 rings (SSSR count). The minimum atomic E-state index is -3.62. The Morgan fingerprint density at radius 1 is 0.971 bits per heavy atom. The van der Waals surface area contributed by atoms with E-state index in [1.807, 2.05) is 13.0 Å². The molecule has 34 heavy (non-hydrogen) atoms. The Morgan fingerprint density at radius 2 is 1.76 bits per heavy atom. The van der Waals surface area contributed by atoms with Gasteiger partial charge in [-0.05, 0) is 42.3 Å². The number of nitrogens with one attached hydrogen (secondary N) is 1. The largest absolute Gasteiger partial charge is 0.497 e. The number of aryl methyl sites for hydroxylation is 1. The van der Waals surface area contributed by atoms with Crippen molar-refractivity contribution in [3.8, 4) is 28.8 Å². The third-order valence-electron chi connectivity index (χ3n) is 5.17. The fraction of sp³-hybridized carbons (Fsp3) is 0.261. The lowest BCUT2D eigenvalue weighted by molar-refractivity contribution is 0.306. The topological polar surface area (TPSA) is 117 Å². The van der Waals surface area contributed by atoms with E-state index < -0.39 is 10.0 Å². The number of rotatable bonds is 10. The van der Waals surface area contributed by atoms with Crippen LogP contribution in [-0.4, -0.2) is 55.6 Å². The van der Waals surface area contributed by atoms with Crippen LogP contribution in [-0.2, 0) is 16.4 Å². The molecule has 4 aromatic rings. The van der Waals surface area contributed by atoms with E-state index in [-0.39, 0.29) is 18.0 Å². The van der Waals surface area contributed by atoms with Gasteiger partial charge < -0.3 is 14.2 Å². The number of aromatic nitrogens is 4. The fourth-order valence-electron chi connectivity index (χ4n) is 3.32. The molecule has 0 saturated heterocycles. The van der Waals surface area contributed by atoms with Crippen molar-refractivity contribution >= 4 is 15.7 Å². The summed E-state index contributed by atoms with van der Waals surface area (Å²) in [5.74, 6) is 1.97. The summed E-state index contributed by atoms with van der Waals surface area (Å²) in [5, 5.41) is 12.8. The van der Waals surface area contributed by atoms with Crippen molar-refractivity contribution in [2.75, 3.05) is 27.4 Å². The van der Waals surface area contributed by atoms with Crippen molar-refractivity contribution in [2.45, 2.75) is 18.2 Å². The number of methoxy groups -OCH3 is 2. The number of nitrogens with zero attached hydrogens (tertiary/aromatic N) is 4. The second-order valence-corrected chi connectivity index (χ2v) is 9.04. The van der Waals surface area contributed by atoms with Gasteiger partial charge in [0.05, 0.1) is 24.7 Å². The summed E-state index contributed by atoms with van der Waals surface area (Å²) in [5.41, 5.74) is 2.28. The average molecular weight is 484 g/mol. The number of hydrogen-bond acceptors (Lipinski definition) is 8. The van der Waals surface area contributed by atoms with Gasteiger partial charge in [0.2, 0.25) is 15.9 Å². The van der Waals surface area contributed by atoms with Crippen molar-refractivity contribution < 1.29 is 22.6 Å². The predicted octanol–water partition coefficient (Wildman–Crippen LogP) is 2.73. The minimum Gasteiger partial charge on any atom is -0.497 e. The quantitative estimate of drug-likeness (QED) is 0.342. The Labute approximate surface area is 197 Å². The van der Waals surface area contributed by atoms with E-state index in [0.717, 1.165) is 12.0 Å². The first-order valence-corrected chi connectivity index (χ1v) is 12.1. The van der Waals surface area contributed by atoms with Crippen LogP contribution >= 0.6 is 0 Å². The second kappa shape index (κ2) is 10.1. The smallest absolute Gasteiger partial charge is 0.240 e. The van der Waals surface area contributed by atoms with Crippen LogP contribution in [0.4, 0.5) is 0 Å². The molecule has 0 fully saturated rings. The van der Waals surface area contributed by atoms with E-state index in [0.29, 0.717) is 34.4 Å². The maximum atomic E-state index is 12.5. The van der Waals surface area contributed by atoms with Crippen LogP contribution in [0.1, 0.15) is 12.5 Å². The van der Waals surface area contributed by atoms with Crippen molar-refractivity contribution in [1.29, 1.82) is 0 Å². The number of benzene rings is 2. The summed E-state index contributed by atoms with van der Waals surface area (Å²) >= 11 is 0. The van der Waals surface area contributed by atoms with Crippen LogP contribution in [0.2, 0.25) is 0 Å². The fourth-order valence-corrected chi connectivity index (χ4v) is 4.33. The lowest BCUT2D eigenvalue weighted by Gasteiger charge is -2.10. The molecule has 2 aromatic heterocycles. The van der Waals surface area contributed by atoms with E-state index in [1.54, 1.807) is 67.3 Å². The van der Waals surface area contributed by atoms with Crippen LogP contribution < -0.4 is 18.9 Å². The highest BCUT2D eigenvalue weighted by atomic mass is 32.2. The normalized spacial score (nSPS) is 11.5. The van der Waals surface area contributed by atoms with Crippen LogP contribution in [0.15, 0.2) is 59.5 Å². The molecule has 11 heteroatoms. The summed E-state index contributed by atoms with van der Waals surface area (Å²) in [6, 6.07) is 15.5. The van der Waals surface area contributed by atoms with E-state index in [2.05, 4.69) is 20.0 Å². The maximum Gasteiger partial charge on any atom is 0.240 e. The van der Waals surface area contributed by atoms with Gasteiger partial charge in [-0.25, -0.2) is 13.1 Å². The molecule has 0 radical (unpaired) electrons. The van der Waals surface area contributed by atoms with Gasteiger partial charge in [0.1, 0.15) is 18.1 Å². The molecule has 2 aromatic carbocycles. The van der Waals surface area contributed by atoms with E-state index in [9.17, 15) is 8.42 Å². The molecule has 0 aliphatic carbocycles. The SMILES string of the molecule is CCc1ccc(S(=O)(=O)NCCOc2ccc3nnc(-c4ccc(OC)cc4OC)n3n2)cc1. The third-order valence-corrected chi connectivity index (χ3v) is 6.65. The van der Waals surface area contributed by atoms with Crippen molar-refractivity contribution in [3.05, 3.63) is 60.2 Å². The van der Waals surface area contributed by atoms with E-state index >= 15 is 0 Å². The van der Waals surface area contributed by atoms with Gasteiger partial charge in [-0.15, -0.1) is 15.3 Å². The monoisotopic (exact) mass is 483 g/mol. The molecular formula is C23H25N5O5S. The van der Waals surface area contributed by atoms with Gasteiger partial charge in [0.25, 0.3) is 0 Å². The van der Waals surface area contributed by atoms with Gasteiger partial charge in [-0.2, -0.15) is 4.52 Å². The lowest BCUT2D eigenvalue weighted by Crippen LogP contribution is -2.28.